The molecule has 0 bridgehead atoms. The van der Waals surface area contributed by atoms with Gasteiger partial charge in [-0.2, -0.15) is 4.39 Å². The van der Waals surface area contributed by atoms with Gasteiger partial charge in [-0.15, -0.1) is 11.3 Å². The Morgan fingerprint density at radius 1 is 1.08 bits per heavy atom. The number of thiophene rings is 1. The van der Waals surface area contributed by atoms with E-state index < -0.39 is 0 Å². The summed E-state index contributed by atoms with van der Waals surface area (Å²) in [7, 11) is 0. The Morgan fingerprint density at radius 2 is 1.85 bits per heavy atom. The highest BCUT2D eigenvalue weighted by Crippen LogP contribution is 2.29. The first-order valence-corrected chi connectivity index (χ1v) is 4.90. The van der Waals surface area contributed by atoms with Gasteiger partial charge in [0, 0.05) is 4.88 Å². The van der Waals surface area contributed by atoms with Crippen molar-refractivity contribution in [3.05, 3.63) is 47.1 Å². The standard InChI is InChI=1S/C11H9FS/c1-8-4-2-3-5-9(8)10-6-7-11(12)13-10/h2-7H,1H3. The lowest BCUT2D eigenvalue weighted by atomic mass is 10.1. The van der Waals surface area contributed by atoms with E-state index in [-0.39, 0.29) is 5.13 Å². The second-order valence-electron chi connectivity index (χ2n) is 2.92. The van der Waals surface area contributed by atoms with E-state index in [4.69, 9.17) is 0 Å². The topological polar surface area (TPSA) is 0 Å². The molecule has 0 fully saturated rings. The summed E-state index contributed by atoms with van der Waals surface area (Å²) in [6.07, 6.45) is 0. The number of hydrogen-bond donors (Lipinski definition) is 0. The first-order chi connectivity index (χ1) is 6.27. The van der Waals surface area contributed by atoms with Gasteiger partial charge in [-0.05, 0) is 30.2 Å². The molecule has 13 heavy (non-hydrogen) atoms. The molecule has 0 radical (unpaired) electrons. The third kappa shape index (κ3) is 1.63. The van der Waals surface area contributed by atoms with Gasteiger partial charge in [0.15, 0.2) is 5.13 Å². The minimum absolute atomic E-state index is 0.127. The van der Waals surface area contributed by atoms with Crippen LogP contribution in [0.1, 0.15) is 5.56 Å². The second-order valence-corrected chi connectivity index (χ2v) is 3.95. The van der Waals surface area contributed by atoms with Crippen molar-refractivity contribution in [3.63, 3.8) is 0 Å². The van der Waals surface area contributed by atoms with Crippen LogP contribution in [-0.2, 0) is 0 Å². The molecule has 1 aromatic heterocycles. The first kappa shape index (κ1) is 8.45. The summed E-state index contributed by atoms with van der Waals surface area (Å²) in [5, 5.41) is -0.127. The number of benzene rings is 1. The van der Waals surface area contributed by atoms with Crippen LogP contribution in [0.5, 0.6) is 0 Å². The van der Waals surface area contributed by atoms with Crippen molar-refractivity contribution in [1.82, 2.24) is 0 Å². The number of hydrogen-bond acceptors (Lipinski definition) is 1. The van der Waals surface area contributed by atoms with Crippen LogP contribution in [0.2, 0.25) is 0 Å². The van der Waals surface area contributed by atoms with E-state index in [9.17, 15) is 4.39 Å². The summed E-state index contributed by atoms with van der Waals surface area (Å²) in [4.78, 5) is 0.996. The Bertz CT molecular complexity index is 418. The van der Waals surface area contributed by atoms with Gasteiger partial charge in [-0.3, -0.25) is 0 Å². The van der Waals surface area contributed by atoms with E-state index in [1.807, 2.05) is 37.3 Å². The molecule has 2 aromatic rings. The van der Waals surface area contributed by atoms with Gasteiger partial charge in [0.1, 0.15) is 0 Å². The zero-order valence-electron chi connectivity index (χ0n) is 7.25. The quantitative estimate of drug-likeness (QED) is 0.643. The van der Waals surface area contributed by atoms with Crippen LogP contribution in [0.4, 0.5) is 4.39 Å². The highest BCUT2D eigenvalue weighted by molar-refractivity contribution is 7.13. The molecule has 0 atom stereocenters. The maximum atomic E-state index is 12.8. The first-order valence-electron chi connectivity index (χ1n) is 4.09. The predicted molar refractivity (Wildman–Crippen MR) is 54.5 cm³/mol. The van der Waals surface area contributed by atoms with E-state index >= 15 is 0 Å². The van der Waals surface area contributed by atoms with Crippen LogP contribution in [0.3, 0.4) is 0 Å². The largest absolute Gasteiger partial charge is 0.195 e. The van der Waals surface area contributed by atoms with Crippen LogP contribution in [0.15, 0.2) is 36.4 Å². The van der Waals surface area contributed by atoms with Crippen molar-refractivity contribution < 1.29 is 4.39 Å². The van der Waals surface area contributed by atoms with Crippen LogP contribution >= 0.6 is 11.3 Å². The van der Waals surface area contributed by atoms with Gasteiger partial charge in [0.2, 0.25) is 0 Å². The Balaban J connectivity index is 2.52. The number of rotatable bonds is 1. The molecule has 2 rings (SSSR count). The molecule has 0 aliphatic carbocycles. The third-order valence-electron chi connectivity index (χ3n) is 1.98. The summed E-state index contributed by atoms with van der Waals surface area (Å²) in [5.41, 5.74) is 2.31. The maximum absolute atomic E-state index is 12.8. The molecule has 0 unspecified atom stereocenters. The average Bonchev–Trinajstić information content (AvgIpc) is 2.53. The molecule has 66 valence electrons. The SMILES string of the molecule is Cc1ccccc1-c1ccc(F)s1. The van der Waals surface area contributed by atoms with E-state index in [0.29, 0.717) is 0 Å². The smallest absolute Gasteiger partial charge is 0.176 e. The van der Waals surface area contributed by atoms with Gasteiger partial charge >= 0.3 is 0 Å². The Hall–Kier alpha value is -1.15. The van der Waals surface area contributed by atoms with E-state index in [0.717, 1.165) is 10.4 Å². The summed E-state index contributed by atoms with van der Waals surface area (Å²) in [5.74, 6) is 0. The zero-order valence-corrected chi connectivity index (χ0v) is 8.07. The van der Waals surface area contributed by atoms with Gasteiger partial charge in [-0.1, -0.05) is 24.3 Å². The highest BCUT2D eigenvalue weighted by Gasteiger charge is 2.03. The van der Waals surface area contributed by atoms with E-state index in [1.165, 1.54) is 23.0 Å². The summed E-state index contributed by atoms with van der Waals surface area (Å²) >= 11 is 1.19. The summed E-state index contributed by atoms with van der Waals surface area (Å²) in [6.45, 7) is 2.03. The Labute approximate surface area is 80.7 Å². The van der Waals surface area contributed by atoms with Gasteiger partial charge in [0.25, 0.3) is 0 Å². The number of aryl methyl sites for hydroxylation is 1. The normalized spacial score (nSPS) is 10.3. The lowest BCUT2D eigenvalue weighted by Crippen LogP contribution is -1.77. The molecular weight excluding hydrogens is 183 g/mol. The average molecular weight is 192 g/mol. The van der Waals surface area contributed by atoms with Crippen molar-refractivity contribution in [1.29, 1.82) is 0 Å². The Morgan fingerprint density at radius 3 is 2.46 bits per heavy atom. The van der Waals surface area contributed by atoms with Crippen molar-refractivity contribution in [2.45, 2.75) is 6.92 Å². The molecule has 0 aliphatic heterocycles. The molecule has 0 amide bonds. The molecule has 0 spiro atoms. The van der Waals surface area contributed by atoms with Crippen molar-refractivity contribution in [2.24, 2.45) is 0 Å². The van der Waals surface area contributed by atoms with Crippen molar-refractivity contribution in [3.8, 4) is 10.4 Å². The molecule has 0 N–H and O–H groups in total. The molecule has 1 heterocycles. The second kappa shape index (κ2) is 3.30. The molecular formula is C11H9FS. The van der Waals surface area contributed by atoms with E-state index in [1.54, 1.807) is 0 Å². The van der Waals surface area contributed by atoms with Crippen LogP contribution in [-0.4, -0.2) is 0 Å². The minimum atomic E-state index is -0.127. The lowest BCUT2D eigenvalue weighted by Gasteiger charge is -2.00. The van der Waals surface area contributed by atoms with Gasteiger partial charge in [-0.25, -0.2) is 0 Å². The third-order valence-corrected chi connectivity index (χ3v) is 2.89. The molecule has 0 saturated heterocycles. The minimum Gasteiger partial charge on any atom is -0.195 e. The number of halogens is 1. The van der Waals surface area contributed by atoms with Gasteiger partial charge in [0.05, 0.1) is 0 Å². The fraction of sp³-hybridized carbons (Fsp3) is 0.0909. The fourth-order valence-corrected chi connectivity index (χ4v) is 2.13. The molecule has 2 heteroatoms. The van der Waals surface area contributed by atoms with Gasteiger partial charge < -0.3 is 0 Å². The monoisotopic (exact) mass is 192 g/mol. The van der Waals surface area contributed by atoms with E-state index in [2.05, 4.69) is 0 Å². The summed E-state index contributed by atoms with van der Waals surface area (Å²) < 4.78 is 12.8. The molecule has 0 aliphatic rings. The maximum Gasteiger partial charge on any atom is 0.176 e. The van der Waals surface area contributed by atoms with Crippen molar-refractivity contribution in [2.75, 3.05) is 0 Å². The van der Waals surface area contributed by atoms with Crippen molar-refractivity contribution >= 4 is 11.3 Å². The van der Waals surface area contributed by atoms with Crippen LogP contribution in [0, 0.1) is 12.1 Å². The highest BCUT2D eigenvalue weighted by atomic mass is 32.1. The molecule has 0 saturated carbocycles. The zero-order chi connectivity index (χ0) is 9.26. The Kier molecular flexibility index (Phi) is 2.15. The van der Waals surface area contributed by atoms with Crippen LogP contribution in [0.25, 0.3) is 10.4 Å². The fourth-order valence-electron chi connectivity index (χ4n) is 1.31. The molecule has 0 nitrogen and oxygen atoms in total. The predicted octanol–water partition coefficient (Wildman–Crippen LogP) is 3.86. The van der Waals surface area contributed by atoms with Crippen LogP contribution < -0.4 is 0 Å². The summed E-state index contributed by atoms with van der Waals surface area (Å²) in [6, 6.07) is 11.3. The molecule has 1 aromatic carbocycles. The lowest BCUT2D eigenvalue weighted by molar-refractivity contribution is 0.657.